The van der Waals surface area contributed by atoms with Crippen LogP contribution in [0.1, 0.15) is 0 Å². The van der Waals surface area contributed by atoms with Crippen LogP contribution < -0.4 is 4.74 Å². The van der Waals surface area contributed by atoms with Gasteiger partial charge in [-0.25, -0.2) is 8.78 Å². The van der Waals surface area contributed by atoms with Crippen molar-refractivity contribution in [3.05, 3.63) is 39.5 Å². The van der Waals surface area contributed by atoms with E-state index in [4.69, 9.17) is 0 Å². The Morgan fingerprint density at radius 2 is 1.48 bits per heavy atom. The van der Waals surface area contributed by atoms with Crippen LogP contribution in [-0.2, 0) is 0 Å². The summed E-state index contributed by atoms with van der Waals surface area (Å²) in [6, 6.07) is 5.34. The summed E-state index contributed by atoms with van der Waals surface area (Å²) in [6.07, 6.45) is -4.98. The highest BCUT2D eigenvalue weighted by Crippen LogP contribution is 2.41. The number of hydrogen-bond acceptors (Lipinski definition) is 2. The number of hydrogen-bond donors (Lipinski definition) is 0. The fraction of sp³-hybridized carbons (Fsp3) is 0.0769. The van der Waals surface area contributed by atoms with Crippen LogP contribution in [0.3, 0.4) is 0 Å². The second-order valence-electron chi connectivity index (χ2n) is 4.14. The van der Waals surface area contributed by atoms with Gasteiger partial charge in [-0.3, -0.25) is 0 Å². The van der Waals surface area contributed by atoms with Gasteiger partial charge < -0.3 is 4.74 Å². The van der Waals surface area contributed by atoms with Crippen LogP contribution >= 0.6 is 33.9 Å². The largest absolute Gasteiger partial charge is 0.573 e. The maximum atomic E-state index is 14.1. The van der Waals surface area contributed by atoms with Crippen molar-refractivity contribution in [1.29, 1.82) is 0 Å². The molecule has 110 valence electrons. The van der Waals surface area contributed by atoms with Gasteiger partial charge in [-0.15, -0.1) is 24.5 Å². The fourth-order valence-corrected chi connectivity index (χ4v) is 3.80. The molecule has 0 bridgehead atoms. The van der Waals surface area contributed by atoms with Gasteiger partial charge in [0.25, 0.3) is 0 Å². The summed E-state index contributed by atoms with van der Waals surface area (Å²) in [5.74, 6) is -2.57. The van der Waals surface area contributed by atoms with Gasteiger partial charge in [0.1, 0.15) is 0 Å². The molecule has 0 saturated carbocycles. The molecule has 0 unspecified atom stereocenters. The quantitative estimate of drug-likeness (QED) is 0.349. The second kappa shape index (κ2) is 4.94. The lowest BCUT2D eigenvalue weighted by Crippen LogP contribution is -2.17. The number of alkyl halides is 3. The van der Waals surface area contributed by atoms with Gasteiger partial charge in [0.15, 0.2) is 17.4 Å². The highest BCUT2D eigenvalue weighted by atomic mass is 127. The third-order valence-electron chi connectivity index (χ3n) is 2.83. The minimum atomic E-state index is -4.98. The monoisotopic (exact) mass is 430 g/mol. The zero-order valence-electron chi connectivity index (χ0n) is 9.89. The van der Waals surface area contributed by atoms with E-state index in [1.165, 1.54) is 12.1 Å². The number of thiophene rings is 1. The third-order valence-corrected chi connectivity index (χ3v) is 4.87. The maximum absolute atomic E-state index is 14.1. The molecule has 0 aliphatic heterocycles. The summed E-state index contributed by atoms with van der Waals surface area (Å²) in [7, 11) is 0. The molecule has 1 aromatic heterocycles. The molecule has 0 atom stereocenters. The van der Waals surface area contributed by atoms with Crippen LogP contribution in [0.5, 0.6) is 5.75 Å². The minimum absolute atomic E-state index is 0.0624. The van der Waals surface area contributed by atoms with E-state index in [9.17, 15) is 22.0 Å². The molecule has 2 aromatic carbocycles. The Morgan fingerprint density at radius 1 is 0.905 bits per heavy atom. The predicted molar refractivity (Wildman–Crippen MR) is 78.6 cm³/mol. The summed E-state index contributed by atoms with van der Waals surface area (Å²) in [4.78, 5) is 0. The first-order chi connectivity index (χ1) is 9.78. The Morgan fingerprint density at radius 3 is 2.10 bits per heavy atom. The van der Waals surface area contributed by atoms with Crippen LogP contribution in [0.25, 0.3) is 20.2 Å². The van der Waals surface area contributed by atoms with Crippen molar-refractivity contribution >= 4 is 54.1 Å². The average molecular weight is 430 g/mol. The van der Waals surface area contributed by atoms with Crippen molar-refractivity contribution < 1.29 is 26.7 Å². The SMILES string of the molecule is Fc1c(I)ccc2c1sc1c(F)c(OC(F)(F)F)ccc12. The van der Waals surface area contributed by atoms with E-state index in [2.05, 4.69) is 4.74 Å². The molecule has 0 spiro atoms. The Labute approximate surface area is 132 Å². The summed E-state index contributed by atoms with van der Waals surface area (Å²) in [5.41, 5.74) is 0. The predicted octanol–water partition coefficient (Wildman–Crippen LogP) is 5.84. The number of ether oxygens (including phenoxy) is 1. The second-order valence-corrected chi connectivity index (χ2v) is 6.33. The molecule has 0 fully saturated rings. The van der Waals surface area contributed by atoms with Gasteiger partial charge in [-0.05, 0) is 40.8 Å². The standard InChI is InChI=1S/C13H4F5IOS/c14-9-7(19)3-1-5-6-2-4-8(20-13(16,17)18)10(15)12(6)21-11(5)9/h1-4H. The molecule has 3 rings (SSSR count). The van der Waals surface area contributed by atoms with E-state index < -0.39 is 23.7 Å². The van der Waals surface area contributed by atoms with Crippen LogP contribution in [0.4, 0.5) is 22.0 Å². The maximum Gasteiger partial charge on any atom is 0.573 e. The van der Waals surface area contributed by atoms with Gasteiger partial charge >= 0.3 is 6.36 Å². The van der Waals surface area contributed by atoms with E-state index >= 15 is 0 Å². The van der Waals surface area contributed by atoms with Crippen molar-refractivity contribution in [3.63, 3.8) is 0 Å². The molecule has 21 heavy (non-hydrogen) atoms. The molecule has 0 saturated heterocycles. The zero-order chi connectivity index (χ0) is 15.4. The Hall–Kier alpha value is -1.16. The Kier molecular flexibility index (Phi) is 3.47. The molecule has 8 heteroatoms. The van der Waals surface area contributed by atoms with E-state index in [0.717, 1.165) is 17.4 Å². The molecule has 3 aromatic rings. The van der Waals surface area contributed by atoms with Gasteiger partial charge in [-0.2, -0.15) is 0 Å². The number of halogens is 6. The first-order valence-electron chi connectivity index (χ1n) is 5.52. The highest BCUT2D eigenvalue weighted by Gasteiger charge is 2.33. The zero-order valence-corrected chi connectivity index (χ0v) is 12.9. The summed E-state index contributed by atoms with van der Waals surface area (Å²) in [5, 5.41) is 0.822. The lowest BCUT2D eigenvalue weighted by Gasteiger charge is -2.09. The van der Waals surface area contributed by atoms with Gasteiger partial charge in [0, 0.05) is 10.8 Å². The van der Waals surface area contributed by atoms with Crippen molar-refractivity contribution in [2.45, 2.75) is 6.36 Å². The lowest BCUT2D eigenvalue weighted by molar-refractivity contribution is -0.275. The minimum Gasteiger partial charge on any atom is -0.403 e. The van der Waals surface area contributed by atoms with Crippen molar-refractivity contribution in [2.75, 3.05) is 0 Å². The van der Waals surface area contributed by atoms with Crippen molar-refractivity contribution in [2.24, 2.45) is 0 Å². The van der Waals surface area contributed by atoms with Crippen LogP contribution in [0.2, 0.25) is 0 Å². The molecular formula is C13H4F5IOS. The molecule has 1 nitrogen and oxygen atoms in total. The molecule has 0 amide bonds. The lowest BCUT2D eigenvalue weighted by atomic mass is 10.1. The van der Waals surface area contributed by atoms with Crippen LogP contribution in [-0.4, -0.2) is 6.36 Å². The van der Waals surface area contributed by atoms with Crippen LogP contribution in [0.15, 0.2) is 24.3 Å². The van der Waals surface area contributed by atoms with E-state index in [1.54, 1.807) is 28.7 Å². The highest BCUT2D eigenvalue weighted by molar-refractivity contribution is 14.1. The number of fused-ring (bicyclic) bond motifs is 3. The Balaban J connectivity index is 2.29. The summed E-state index contributed by atoms with van der Waals surface area (Å²) in [6.45, 7) is 0. The van der Waals surface area contributed by atoms with Crippen LogP contribution in [0, 0.1) is 15.2 Å². The summed E-state index contributed by atoms with van der Waals surface area (Å²) >= 11 is 2.56. The molecule has 0 N–H and O–H groups in total. The number of rotatable bonds is 1. The molecule has 1 heterocycles. The van der Waals surface area contributed by atoms with Gasteiger partial charge in [0.05, 0.1) is 13.0 Å². The smallest absolute Gasteiger partial charge is 0.403 e. The molecule has 0 radical (unpaired) electrons. The first kappa shape index (κ1) is 14.8. The van der Waals surface area contributed by atoms with Crippen molar-refractivity contribution in [1.82, 2.24) is 0 Å². The fourth-order valence-electron chi connectivity index (χ4n) is 2.00. The normalized spacial score (nSPS) is 12.3. The van der Waals surface area contributed by atoms with E-state index in [-0.39, 0.29) is 9.40 Å². The first-order valence-corrected chi connectivity index (χ1v) is 7.42. The number of benzene rings is 2. The third kappa shape index (κ3) is 2.54. The van der Waals surface area contributed by atoms with E-state index in [0.29, 0.717) is 14.3 Å². The Bertz CT molecular complexity index is 855. The average Bonchev–Trinajstić information content (AvgIpc) is 2.76. The summed E-state index contributed by atoms with van der Waals surface area (Å²) < 4.78 is 68.9. The van der Waals surface area contributed by atoms with Crippen molar-refractivity contribution in [3.8, 4) is 5.75 Å². The molecular weight excluding hydrogens is 426 g/mol. The van der Waals surface area contributed by atoms with E-state index in [1.807, 2.05) is 0 Å². The van der Waals surface area contributed by atoms with Gasteiger partial charge in [0.2, 0.25) is 0 Å². The van der Waals surface area contributed by atoms with Gasteiger partial charge in [-0.1, -0.05) is 6.07 Å². The molecule has 0 aliphatic rings. The molecule has 0 aliphatic carbocycles. The topological polar surface area (TPSA) is 9.23 Å².